The van der Waals surface area contributed by atoms with Crippen LogP contribution in [0.5, 0.6) is 0 Å². The number of ketones is 1. The molecule has 0 aliphatic carbocycles. The standard InChI is InChI=1S/C30H42N2O6/c1-29(2,3)32-26(34)17-22(18-27(35)38-30(4,5)6)28(36)31-24(19-37-7)25(33)16-15-21-13-10-12-20-11-8-9-14-23(20)21/h8-14,22,24H,15-19H2,1-7H3,(H,31,36)(H,32,34)/t22-,24+/m1/s1. The van der Waals surface area contributed by atoms with E-state index in [-0.39, 0.29) is 37.6 Å². The fourth-order valence-corrected chi connectivity index (χ4v) is 4.15. The van der Waals surface area contributed by atoms with Gasteiger partial charge in [0.15, 0.2) is 5.78 Å². The first-order valence-electron chi connectivity index (χ1n) is 13.0. The number of aryl methyl sites for hydroxylation is 1. The zero-order valence-electron chi connectivity index (χ0n) is 23.7. The molecule has 0 unspecified atom stereocenters. The van der Waals surface area contributed by atoms with Crippen LogP contribution >= 0.6 is 0 Å². The van der Waals surface area contributed by atoms with Crippen LogP contribution in [-0.2, 0) is 35.1 Å². The fourth-order valence-electron chi connectivity index (χ4n) is 4.15. The first-order chi connectivity index (χ1) is 17.7. The van der Waals surface area contributed by atoms with Gasteiger partial charge in [0.1, 0.15) is 11.6 Å². The molecule has 0 aromatic heterocycles. The monoisotopic (exact) mass is 526 g/mol. The van der Waals surface area contributed by atoms with E-state index in [9.17, 15) is 19.2 Å². The molecule has 2 aromatic rings. The van der Waals surface area contributed by atoms with Crippen LogP contribution in [0, 0.1) is 5.92 Å². The summed E-state index contributed by atoms with van der Waals surface area (Å²) in [6.45, 7) is 10.7. The molecular weight excluding hydrogens is 484 g/mol. The fraction of sp³-hybridized carbons (Fsp3) is 0.533. The summed E-state index contributed by atoms with van der Waals surface area (Å²) in [6.07, 6.45) is 0.200. The number of carbonyl (C=O) groups is 4. The number of benzene rings is 2. The average Bonchev–Trinajstić information content (AvgIpc) is 2.79. The SMILES string of the molecule is COC[C@H](NC(=O)[C@H](CC(=O)NC(C)(C)C)CC(=O)OC(C)(C)C)C(=O)CCc1cccc2ccccc12. The van der Waals surface area contributed by atoms with Gasteiger partial charge in [-0.15, -0.1) is 0 Å². The van der Waals surface area contributed by atoms with Crippen molar-refractivity contribution < 1.29 is 28.7 Å². The van der Waals surface area contributed by atoms with Crippen molar-refractivity contribution in [3.63, 3.8) is 0 Å². The minimum atomic E-state index is -1.00. The summed E-state index contributed by atoms with van der Waals surface area (Å²) < 4.78 is 10.6. The summed E-state index contributed by atoms with van der Waals surface area (Å²) in [4.78, 5) is 51.6. The number of rotatable bonds is 12. The van der Waals surface area contributed by atoms with Gasteiger partial charge < -0.3 is 20.1 Å². The van der Waals surface area contributed by atoms with Crippen molar-refractivity contribution in [3.8, 4) is 0 Å². The van der Waals surface area contributed by atoms with Gasteiger partial charge in [-0.3, -0.25) is 19.2 Å². The van der Waals surface area contributed by atoms with E-state index in [2.05, 4.69) is 10.6 Å². The van der Waals surface area contributed by atoms with Gasteiger partial charge in [0.25, 0.3) is 0 Å². The van der Waals surface area contributed by atoms with Gasteiger partial charge in [-0.05, 0) is 64.3 Å². The lowest BCUT2D eigenvalue weighted by atomic mass is 9.96. The van der Waals surface area contributed by atoms with E-state index >= 15 is 0 Å². The Morgan fingerprint density at radius 1 is 0.895 bits per heavy atom. The van der Waals surface area contributed by atoms with Gasteiger partial charge in [0.05, 0.1) is 18.9 Å². The quantitative estimate of drug-likeness (QED) is 0.403. The van der Waals surface area contributed by atoms with E-state index in [0.717, 1.165) is 16.3 Å². The highest BCUT2D eigenvalue weighted by Crippen LogP contribution is 2.20. The minimum absolute atomic E-state index is 0.0204. The van der Waals surface area contributed by atoms with Crippen molar-refractivity contribution in [1.82, 2.24) is 10.6 Å². The second-order valence-electron chi connectivity index (χ2n) is 11.6. The summed E-state index contributed by atoms with van der Waals surface area (Å²) >= 11 is 0. The third-order valence-electron chi connectivity index (χ3n) is 5.71. The van der Waals surface area contributed by atoms with Crippen LogP contribution in [0.15, 0.2) is 42.5 Å². The van der Waals surface area contributed by atoms with Crippen LogP contribution < -0.4 is 10.6 Å². The van der Waals surface area contributed by atoms with Crippen LogP contribution in [-0.4, -0.2) is 54.5 Å². The van der Waals surface area contributed by atoms with E-state index in [1.165, 1.54) is 7.11 Å². The van der Waals surface area contributed by atoms with Crippen LogP contribution in [0.25, 0.3) is 10.8 Å². The number of fused-ring (bicyclic) bond motifs is 1. The second-order valence-corrected chi connectivity index (χ2v) is 11.6. The number of Topliss-reactive ketones (excluding diaryl/α,β-unsaturated/α-hetero) is 1. The topological polar surface area (TPSA) is 111 Å². The number of methoxy groups -OCH3 is 1. The Morgan fingerprint density at radius 2 is 1.55 bits per heavy atom. The maximum Gasteiger partial charge on any atom is 0.307 e. The molecular formula is C30H42N2O6. The zero-order valence-corrected chi connectivity index (χ0v) is 23.7. The Morgan fingerprint density at radius 3 is 2.18 bits per heavy atom. The number of carbonyl (C=O) groups excluding carboxylic acids is 4. The smallest absolute Gasteiger partial charge is 0.307 e. The van der Waals surface area contributed by atoms with Crippen LogP contribution in [0.1, 0.15) is 66.4 Å². The molecule has 0 heterocycles. The third kappa shape index (κ3) is 10.6. The predicted molar refractivity (Wildman–Crippen MR) is 148 cm³/mol. The third-order valence-corrected chi connectivity index (χ3v) is 5.71. The highest BCUT2D eigenvalue weighted by atomic mass is 16.6. The molecule has 0 spiro atoms. The van der Waals surface area contributed by atoms with E-state index in [1.54, 1.807) is 20.8 Å². The maximum atomic E-state index is 13.3. The summed E-state index contributed by atoms with van der Waals surface area (Å²) in [5, 5.41) is 7.72. The Bertz CT molecular complexity index is 1090. The van der Waals surface area contributed by atoms with Crippen LogP contribution in [0.3, 0.4) is 0 Å². The molecule has 2 N–H and O–H groups in total. The zero-order chi connectivity index (χ0) is 28.5. The van der Waals surface area contributed by atoms with Crippen molar-refractivity contribution in [2.24, 2.45) is 5.92 Å². The highest BCUT2D eigenvalue weighted by molar-refractivity contribution is 5.94. The Labute approximate surface area is 225 Å². The molecule has 8 nitrogen and oxygen atoms in total. The van der Waals surface area contributed by atoms with Crippen LogP contribution in [0.4, 0.5) is 0 Å². The lowest BCUT2D eigenvalue weighted by Crippen LogP contribution is -2.48. The van der Waals surface area contributed by atoms with Crippen molar-refractivity contribution >= 4 is 34.3 Å². The summed E-state index contributed by atoms with van der Waals surface area (Å²) in [6, 6.07) is 13.0. The van der Waals surface area contributed by atoms with Gasteiger partial charge >= 0.3 is 5.97 Å². The Balaban J connectivity index is 2.14. The number of hydrogen-bond acceptors (Lipinski definition) is 6. The molecule has 2 atom stereocenters. The summed E-state index contributed by atoms with van der Waals surface area (Å²) in [5.41, 5.74) is -0.192. The first kappa shape index (κ1) is 31.0. The average molecular weight is 527 g/mol. The number of esters is 1. The molecule has 0 aliphatic rings. The Kier molecular flexibility index (Phi) is 11.0. The lowest BCUT2D eigenvalue weighted by Gasteiger charge is -2.25. The normalized spacial score (nSPS) is 13.4. The highest BCUT2D eigenvalue weighted by Gasteiger charge is 2.31. The molecule has 0 fully saturated rings. The van der Waals surface area contributed by atoms with Gasteiger partial charge in [0, 0.05) is 25.5 Å². The molecule has 0 saturated carbocycles. The molecule has 208 valence electrons. The predicted octanol–water partition coefficient (Wildman–Crippen LogP) is 4.13. The van der Waals surface area contributed by atoms with Crippen molar-refractivity contribution in [3.05, 3.63) is 48.0 Å². The molecule has 8 heteroatoms. The number of nitrogens with one attached hydrogen (secondary N) is 2. The van der Waals surface area contributed by atoms with Gasteiger partial charge in [-0.1, -0.05) is 42.5 Å². The lowest BCUT2D eigenvalue weighted by molar-refractivity contribution is -0.157. The number of hydrogen-bond donors (Lipinski definition) is 2. The van der Waals surface area contributed by atoms with Crippen LogP contribution in [0.2, 0.25) is 0 Å². The summed E-state index contributed by atoms with van der Waals surface area (Å²) in [7, 11) is 1.45. The van der Waals surface area contributed by atoms with Gasteiger partial charge in [-0.2, -0.15) is 0 Å². The molecule has 0 bridgehead atoms. The molecule has 38 heavy (non-hydrogen) atoms. The van der Waals surface area contributed by atoms with Crippen molar-refractivity contribution in [1.29, 1.82) is 0 Å². The molecule has 2 aromatic carbocycles. The summed E-state index contributed by atoms with van der Waals surface area (Å²) in [5.74, 6) is -2.72. The molecule has 2 amide bonds. The minimum Gasteiger partial charge on any atom is -0.460 e. The van der Waals surface area contributed by atoms with E-state index in [1.807, 2.05) is 63.2 Å². The Hall–Kier alpha value is -3.26. The molecule has 0 radical (unpaired) electrons. The molecule has 0 saturated heterocycles. The van der Waals surface area contributed by atoms with Crippen molar-refractivity contribution in [2.75, 3.05) is 13.7 Å². The molecule has 0 aliphatic heterocycles. The number of ether oxygens (including phenoxy) is 2. The second kappa shape index (κ2) is 13.5. The largest absolute Gasteiger partial charge is 0.460 e. The van der Waals surface area contributed by atoms with Crippen molar-refractivity contribution in [2.45, 2.75) is 84.4 Å². The van der Waals surface area contributed by atoms with E-state index in [0.29, 0.717) is 6.42 Å². The van der Waals surface area contributed by atoms with E-state index in [4.69, 9.17) is 9.47 Å². The van der Waals surface area contributed by atoms with Gasteiger partial charge in [-0.25, -0.2) is 0 Å². The van der Waals surface area contributed by atoms with Gasteiger partial charge in [0.2, 0.25) is 11.8 Å². The molecule has 2 rings (SSSR count). The first-order valence-corrected chi connectivity index (χ1v) is 13.0. The van der Waals surface area contributed by atoms with E-state index < -0.39 is 35.0 Å². The maximum absolute atomic E-state index is 13.3. The number of amides is 2.